The van der Waals surface area contributed by atoms with Crippen molar-refractivity contribution in [3.05, 3.63) is 109 Å². The summed E-state index contributed by atoms with van der Waals surface area (Å²) in [7, 11) is 0. The Morgan fingerprint density at radius 3 is 1.14 bits per heavy atom. The predicted octanol–water partition coefficient (Wildman–Crippen LogP) is 11.8. The third-order valence-electron chi connectivity index (χ3n) is 18.3. The molecule has 17 unspecified atom stereocenters. The van der Waals surface area contributed by atoms with Crippen molar-refractivity contribution in [2.45, 2.75) is 356 Å². The molecule has 19 nitrogen and oxygen atoms in total. The summed E-state index contributed by atoms with van der Waals surface area (Å²) in [6.45, 7) is 1.59. The lowest BCUT2D eigenvalue weighted by atomic mass is 9.96. The smallest absolute Gasteiger partial charge is 0.220 e. The molecule has 0 aromatic heterocycles. The number of unbranched alkanes of at least 4 members (excludes halogenated alkanes) is 26. The number of hydrogen-bond donors (Lipinski definition) is 12. The van der Waals surface area contributed by atoms with Crippen LogP contribution in [0.5, 0.6) is 0 Å². The Hall–Kier alpha value is -3.55. The zero-order chi connectivity index (χ0) is 71.1. The monoisotopic (exact) mass is 1390 g/mol. The second-order valence-corrected chi connectivity index (χ2v) is 26.7. The van der Waals surface area contributed by atoms with Crippen molar-refractivity contribution in [1.82, 2.24) is 5.32 Å². The van der Waals surface area contributed by atoms with Crippen molar-refractivity contribution in [1.29, 1.82) is 0 Å². The number of rotatable bonds is 58. The number of allylic oxidation sites excluding steroid dienone is 17. The Labute approximate surface area is 589 Å². The van der Waals surface area contributed by atoms with E-state index in [0.717, 1.165) is 83.5 Å². The van der Waals surface area contributed by atoms with Gasteiger partial charge in [0.1, 0.15) is 73.2 Å². The van der Waals surface area contributed by atoms with Gasteiger partial charge in [-0.25, -0.2) is 0 Å². The van der Waals surface area contributed by atoms with E-state index < -0.39 is 124 Å². The Kier molecular flexibility index (Phi) is 53.3. The highest BCUT2D eigenvalue weighted by Crippen LogP contribution is 2.33. The van der Waals surface area contributed by atoms with Gasteiger partial charge in [0.25, 0.3) is 0 Å². The number of ether oxygens (including phenoxy) is 6. The molecule has 1 amide bonds. The Morgan fingerprint density at radius 2 is 0.714 bits per heavy atom. The van der Waals surface area contributed by atoms with Crippen LogP contribution in [0, 0.1) is 0 Å². The molecule has 3 rings (SSSR count). The lowest BCUT2D eigenvalue weighted by molar-refractivity contribution is -0.379. The topological polar surface area (TPSA) is 307 Å². The highest BCUT2D eigenvalue weighted by Gasteiger charge is 2.53. The number of hydrogen-bond acceptors (Lipinski definition) is 18. The molecule has 564 valence electrons. The lowest BCUT2D eigenvalue weighted by Gasteiger charge is -2.48. The summed E-state index contributed by atoms with van der Waals surface area (Å²) in [4.78, 5) is 13.4. The van der Waals surface area contributed by atoms with Crippen LogP contribution in [-0.2, 0) is 33.2 Å². The molecule has 3 saturated heterocycles. The molecule has 98 heavy (non-hydrogen) atoms. The van der Waals surface area contributed by atoms with Gasteiger partial charge in [-0.1, -0.05) is 258 Å². The van der Waals surface area contributed by atoms with Crippen LogP contribution in [0.15, 0.2) is 109 Å². The second-order valence-electron chi connectivity index (χ2n) is 26.7. The summed E-state index contributed by atoms with van der Waals surface area (Å²) < 4.78 is 34.4. The fourth-order valence-electron chi connectivity index (χ4n) is 12.2. The number of amides is 1. The third kappa shape index (κ3) is 39.2. The van der Waals surface area contributed by atoms with Crippen LogP contribution in [-0.4, -0.2) is 193 Å². The van der Waals surface area contributed by atoms with Gasteiger partial charge in [0, 0.05) is 6.42 Å². The van der Waals surface area contributed by atoms with Crippen LogP contribution >= 0.6 is 0 Å². The largest absolute Gasteiger partial charge is 0.394 e. The molecule has 0 aliphatic carbocycles. The lowest BCUT2D eigenvalue weighted by Crippen LogP contribution is -2.66. The van der Waals surface area contributed by atoms with Gasteiger partial charge in [0.05, 0.1) is 38.6 Å². The van der Waals surface area contributed by atoms with Gasteiger partial charge in [0.2, 0.25) is 5.91 Å². The number of nitrogens with one attached hydrogen (secondary N) is 1. The molecule has 0 spiro atoms. The number of carbonyl (C=O) groups excluding carboxylic acids is 1. The third-order valence-corrected chi connectivity index (χ3v) is 18.3. The highest BCUT2D eigenvalue weighted by molar-refractivity contribution is 5.76. The van der Waals surface area contributed by atoms with Crippen molar-refractivity contribution >= 4 is 5.91 Å². The summed E-state index contributed by atoms with van der Waals surface area (Å²) in [6.07, 6.45) is 53.6. The number of aliphatic hydroxyl groups is 11. The molecule has 0 saturated carbocycles. The molecule has 3 fully saturated rings. The Balaban J connectivity index is 1.37. The van der Waals surface area contributed by atoms with E-state index in [-0.39, 0.29) is 18.9 Å². The SMILES string of the molecule is CC/C=C\C/C=C\C/C=C\C/C=C\C/C=C\C/C=C\CCCCCCCCCCCCCCCCCCC(=O)NC(COC1OC(CO)C(OC2OC(CO)C(OC3OC(CO)C(O)C(O)C3O)C(O)C2O)C(O)C1O)C(O)/C=C/CC/C=C/CC/C=C/CCCCCCCCCC. The predicted molar refractivity (Wildman–Crippen MR) is 387 cm³/mol. The van der Waals surface area contributed by atoms with E-state index >= 15 is 0 Å². The summed E-state index contributed by atoms with van der Waals surface area (Å²) in [5.41, 5.74) is 0. The van der Waals surface area contributed by atoms with Crippen molar-refractivity contribution in [3.8, 4) is 0 Å². The maximum absolute atomic E-state index is 13.4. The first kappa shape index (κ1) is 88.7. The summed E-state index contributed by atoms with van der Waals surface area (Å²) in [6, 6.07) is -1.00. The van der Waals surface area contributed by atoms with Crippen LogP contribution in [0.1, 0.15) is 251 Å². The first-order valence-corrected chi connectivity index (χ1v) is 38.1. The van der Waals surface area contributed by atoms with E-state index in [4.69, 9.17) is 28.4 Å². The fourth-order valence-corrected chi connectivity index (χ4v) is 12.2. The fraction of sp³-hybridized carbons (Fsp3) is 0.759. The molecule has 0 aromatic carbocycles. The molecule has 0 aromatic rings. The number of carbonyl (C=O) groups is 1. The molecular weight excluding hydrogens is 1250 g/mol. The van der Waals surface area contributed by atoms with Crippen molar-refractivity contribution < 1.29 is 89.4 Å². The maximum atomic E-state index is 13.4. The van der Waals surface area contributed by atoms with Gasteiger partial charge in [-0.05, 0) is 96.3 Å². The molecule has 3 heterocycles. The first-order chi connectivity index (χ1) is 47.8. The summed E-state index contributed by atoms with van der Waals surface area (Å²) in [5, 5.41) is 121. The van der Waals surface area contributed by atoms with E-state index in [0.29, 0.717) is 12.8 Å². The van der Waals surface area contributed by atoms with Crippen LogP contribution in [0.3, 0.4) is 0 Å². The van der Waals surface area contributed by atoms with Gasteiger partial charge in [-0.15, -0.1) is 0 Å². The average Bonchev–Trinajstić information content (AvgIpc) is 0.785. The normalized spacial score (nSPS) is 27.4. The van der Waals surface area contributed by atoms with Gasteiger partial charge in [-0.3, -0.25) is 4.79 Å². The van der Waals surface area contributed by atoms with E-state index in [2.05, 4.69) is 116 Å². The van der Waals surface area contributed by atoms with Gasteiger partial charge < -0.3 is 89.9 Å². The quantitative estimate of drug-likeness (QED) is 0.0199. The molecule has 0 radical (unpaired) electrons. The molecule has 3 aliphatic heterocycles. The van der Waals surface area contributed by atoms with Crippen LogP contribution < -0.4 is 5.32 Å². The maximum Gasteiger partial charge on any atom is 0.220 e. The standard InChI is InChI=1S/C79H135NO18/c1-3-5-7-9-11-13-15-17-19-21-23-24-25-26-27-28-29-30-31-32-33-34-35-36-37-38-39-41-43-45-47-49-51-53-55-57-67(85)80-62(63(84)56-54-52-50-48-46-44-42-40-22-20-18-16-14-12-10-8-6-4-2)61-93-77-73(91)70(88)75(65(59-82)95-77)98-79-74(92)71(89)76(66(60-83)96-79)97-78-72(90)69(87)68(86)64(58-81)94-78/h5,7,11,13,17,19,22-24,26-27,29-30,40,46,48,54,56,62-66,68-79,81-84,86-92H,3-4,6,8-10,12,14-16,18,20-21,25,28,31-39,41-45,47,49-53,55,57-61H2,1-2H3,(H,80,85)/b7-5-,13-11-,19-17-,24-23-,27-26-,30-29-,40-22+,48-46+,56-54+. The van der Waals surface area contributed by atoms with Crippen molar-refractivity contribution in [2.75, 3.05) is 26.4 Å². The summed E-state index contributed by atoms with van der Waals surface area (Å²) in [5.74, 6) is -0.292. The van der Waals surface area contributed by atoms with E-state index in [1.54, 1.807) is 6.08 Å². The van der Waals surface area contributed by atoms with Crippen LogP contribution in [0.25, 0.3) is 0 Å². The van der Waals surface area contributed by atoms with E-state index in [1.807, 2.05) is 6.08 Å². The molecule has 12 N–H and O–H groups in total. The van der Waals surface area contributed by atoms with Crippen LogP contribution in [0.2, 0.25) is 0 Å². The highest BCUT2D eigenvalue weighted by atomic mass is 16.8. The molecular formula is C79H135NO18. The van der Waals surface area contributed by atoms with Gasteiger partial charge >= 0.3 is 0 Å². The van der Waals surface area contributed by atoms with E-state index in [9.17, 15) is 61.0 Å². The molecule has 19 heteroatoms. The zero-order valence-electron chi connectivity index (χ0n) is 60.0. The Morgan fingerprint density at radius 1 is 0.378 bits per heavy atom. The van der Waals surface area contributed by atoms with Gasteiger partial charge in [-0.2, -0.15) is 0 Å². The molecule has 0 bridgehead atoms. The number of aliphatic hydroxyl groups excluding tert-OH is 11. The second kappa shape index (κ2) is 58.9. The summed E-state index contributed by atoms with van der Waals surface area (Å²) >= 11 is 0. The minimum atomic E-state index is -1.99. The molecule has 3 aliphatic rings. The van der Waals surface area contributed by atoms with Crippen LogP contribution in [0.4, 0.5) is 0 Å². The molecule has 17 atom stereocenters. The minimum Gasteiger partial charge on any atom is -0.394 e. The van der Waals surface area contributed by atoms with Crippen molar-refractivity contribution in [2.24, 2.45) is 0 Å². The average molecular weight is 1390 g/mol. The van der Waals surface area contributed by atoms with E-state index in [1.165, 1.54) is 135 Å². The van der Waals surface area contributed by atoms with Gasteiger partial charge in [0.15, 0.2) is 18.9 Å². The zero-order valence-corrected chi connectivity index (χ0v) is 60.0. The Bertz CT molecular complexity index is 2200. The first-order valence-electron chi connectivity index (χ1n) is 38.1. The van der Waals surface area contributed by atoms with Crippen molar-refractivity contribution in [3.63, 3.8) is 0 Å². The minimum absolute atomic E-state index is 0.227.